The first-order valence-corrected chi connectivity index (χ1v) is 6.86. The van der Waals surface area contributed by atoms with Crippen LogP contribution in [0.5, 0.6) is 0 Å². The Kier molecular flexibility index (Phi) is 4.97. The fourth-order valence-electron chi connectivity index (χ4n) is 2.26. The predicted octanol–water partition coefficient (Wildman–Crippen LogP) is 3.19. The highest BCUT2D eigenvalue weighted by atomic mass is 16.5. The zero-order chi connectivity index (χ0) is 12.8. The van der Waals surface area contributed by atoms with Gasteiger partial charge >= 0.3 is 0 Å². The van der Waals surface area contributed by atoms with Gasteiger partial charge in [-0.15, -0.1) is 0 Å². The third-order valence-electron chi connectivity index (χ3n) is 3.33. The number of hydrogen-bond acceptors (Lipinski definition) is 2. The van der Waals surface area contributed by atoms with Crippen molar-refractivity contribution in [1.82, 2.24) is 0 Å². The Morgan fingerprint density at radius 3 is 2.78 bits per heavy atom. The van der Waals surface area contributed by atoms with Crippen LogP contribution in [0.25, 0.3) is 6.08 Å². The second-order valence-electron chi connectivity index (χ2n) is 4.90. The molecule has 2 heteroatoms. The van der Waals surface area contributed by atoms with Gasteiger partial charge in [-0.2, -0.15) is 0 Å². The predicted molar refractivity (Wildman–Crippen MR) is 74.5 cm³/mol. The van der Waals surface area contributed by atoms with Crippen LogP contribution >= 0.6 is 0 Å². The minimum atomic E-state index is -0.352. The molecule has 1 fully saturated rings. The molecule has 1 aromatic carbocycles. The molecule has 0 spiro atoms. The normalized spacial score (nSPS) is 24.6. The van der Waals surface area contributed by atoms with Gasteiger partial charge in [0.15, 0.2) is 0 Å². The van der Waals surface area contributed by atoms with E-state index in [0.717, 1.165) is 31.4 Å². The first kappa shape index (κ1) is 13.3. The Balaban J connectivity index is 1.95. The molecule has 0 aliphatic carbocycles. The Morgan fingerprint density at radius 1 is 1.33 bits per heavy atom. The van der Waals surface area contributed by atoms with Crippen molar-refractivity contribution in [3.05, 3.63) is 41.5 Å². The van der Waals surface area contributed by atoms with E-state index in [0.29, 0.717) is 0 Å². The molecule has 1 aliphatic rings. The summed E-state index contributed by atoms with van der Waals surface area (Å²) < 4.78 is 5.54. The third-order valence-corrected chi connectivity index (χ3v) is 3.33. The van der Waals surface area contributed by atoms with E-state index in [4.69, 9.17) is 4.74 Å². The van der Waals surface area contributed by atoms with Gasteiger partial charge in [-0.3, -0.25) is 0 Å². The summed E-state index contributed by atoms with van der Waals surface area (Å²) in [6.07, 6.45) is 7.62. The minimum Gasteiger partial charge on any atom is -0.390 e. The quantitative estimate of drug-likeness (QED) is 0.884. The van der Waals surface area contributed by atoms with Crippen LogP contribution in [-0.4, -0.2) is 23.9 Å². The smallest absolute Gasteiger partial charge is 0.102 e. The lowest BCUT2D eigenvalue weighted by Gasteiger charge is -2.25. The molecule has 1 aromatic rings. The molecule has 1 saturated heterocycles. The van der Waals surface area contributed by atoms with Crippen molar-refractivity contribution in [1.29, 1.82) is 0 Å². The molecule has 0 saturated carbocycles. The van der Waals surface area contributed by atoms with Crippen molar-refractivity contribution < 1.29 is 9.84 Å². The van der Waals surface area contributed by atoms with E-state index in [2.05, 4.69) is 31.2 Å². The number of aliphatic hydroxyl groups excluding tert-OH is 1. The first-order valence-electron chi connectivity index (χ1n) is 6.86. The van der Waals surface area contributed by atoms with Crippen LogP contribution in [-0.2, 0) is 11.2 Å². The molecule has 98 valence electrons. The Morgan fingerprint density at radius 2 is 2.11 bits per heavy atom. The average molecular weight is 246 g/mol. The summed E-state index contributed by atoms with van der Waals surface area (Å²) in [7, 11) is 0. The van der Waals surface area contributed by atoms with Crippen LogP contribution in [0.15, 0.2) is 30.3 Å². The lowest BCUT2D eigenvalue weighted by Crippen LogP contribution is -2.32. The molecule has 0 aromatic heterocycles. The number of hydrogen-bond donors (Lipinski definition) is 1. The summed E-state index contributed by atoms with van der Waals surface area (Å²) in [5.41, 5.74) is 2.54. The summed E-state index contributed by atoms with van der Waals surface area (Å²) in [6, 6.07) is 8.58. The molecule has 0 bridgehead atoms. The molecule has 1 heterocycles. The number of ether oxygens (including phenoxy) is 1. The monoisotopic (exact) mass is 246 g/mol. The van der Waals surface area contributed by atoms with Crippen LogP contribution in [0.4, 0.5) is 0 Å². The number of aryl methyl sites for hydroxylation is 1. The van der Waals surface area contributed by atoms with Crippen LogP contribution in [0.3, 0.4) is 0 Å². The fraction of sp³-hybridized carbons (Fsp3) is 0.500. The standard InChI is InChI=1S/C16H22O2/c1-2-4-13-6-8-14(9-7-13)10-11-16-15(17)5-3-12-18-16/h6-11,15-17H,2-5,12H2,1H3. The van der Waals surface area contributed by atoms with Crippen molar-refractivity contribution in [2.24, 2.45) is 0 Å². The number of aliphatic hydroxyl groups is 1. The largest absolute Gasteiger partial charge is 0.390 e. The highest BCUT2D eigenvalue weighted by Crippen LogP contribution is 2.16. The third kappa shape index (κ3) is 3.69. The van der Waals surface area contributed by atoms with Gasteiger partial charge in [0.2, 0.25) is 0 Å². The Hall–Kier alpha value is -1.12. The van der Waals surface area contributed by atoms with Crippen molar-refractivity contribution in [3.8, 4) is 0 Å². The van der Waals surface area contributed by atoms with E-state index >= 15 is 0 Å². The molecule has 18 heavy (non-hydrogen) atoms. The summed E-state index contributed by atoms with van der Waals surface area (Å²) >= 11 is 0. The average Bonchev–Trinajstić information content (AvgIpc) is 2.40. The second kappa shape index (κ2) is 6.72. The van der Waals surface area contributed by atoms with Crippen molar-refractivity contribution in [2.45, 2.75) is 44.8 Å². The number of rotatable bonds is 4. The van der Waals surface area contributed by atoms with E-state index in [1.54, 1.807) is 0 Å². The maximum Gasteiger partial charge on any atom is 0.102 e. The van der Waals surface area contributed by atoms with Gasteiger partial charge in [-0.1, -0.05) is 49.8 Å². The second-order valence-corrected chi connectivity index (χ2v) is 4.90. The van der Waals surface area contributed by atoms with Gasteiger partial charge in [0.25, 0.3) is 0 Å². The maximum absolute atomic E-state index is 9.78. The lowest BCUT2D eigenvalue weighted by atomic mass is 10.0. The SMILES string of the molecule is CCCc1ccc(C=CC2OCCCC2O)cc1. The Bertz CT molecular complexity index is 381. The van der Waals surface area contributed by atoms with Crippen LogP contribution in [0, 0.1) is 0 Å². The minimum absolute atomic E-state index is 0.144. The van der Waals surface area contributed by atoms with Gasteiger partial charge in [-0.25, -0.2) is 0 Å². The van der Waals surface area contributed by atoms with Crippen molar-refractivity contribution in [3.63, 3.8) is 0 Å². The topological polar surface area (TPSA) is 29.5 Å². The highest BCUT2D eigenvalue weighted by Gasteiger charge is 2.20. The number of benzene rings is 1. The van der Waals surface area contributed by atoms with Gasteiger partial charge in [0, 0.05) is 6.61 Å². The molecule has 2 nitrogen and oxygen atoms in total. The van der Waals surface area contributed by atoms with Crippen LogP contribution < -0.4 is 0 Å². The zero-order valence-electron chi connectivity index (χ0n) is 11.0. The lowest BCUT2D eigenvalue weighted by molar-refractivity contribution is -0.0479. The summed E-state index contributed by atoms with van der Waals surface area (Å²) in [5, 5.41) is 9.78. The molecule has 2 unspecified atom stereocenters. The molecule has 1 N–H and O–H groups in total. The van der Waals surface area contributed by atoms with E-state index in [1.807, 2.05) is 12.2 Å². The Labute approximate surface area is 109 Å². The maximum atomic E-state index is 9.78. The molecular formula is C16H22O2. The van der Waals surface area contributed by atoms with E-state index in [1.165, 1.54) is 12.0 Å². The van der Waals surface area contributed by atoms with E-state index in [-0.39, 0.29) is 12.2 Å². The van der Waals surface area contributed by atoms with Crippen molar-refractivity contribution >= 4 is 6.08 Å². The summed E-state index contributed by atoms with van der Waals surface area (Å²) in [6.45, 7) is 2.94. The van der Waals surface area contributed by atoms with E-state index < -0.39 is 0 Å². The van der Waals surface area contributed by atoms with Crippen molar-refractivity contribution in [2.75, 3.05) is 6.61 Å². The molecule has 0 amide bonds. The summed E-state index contributed by atoms with van der Waals surface area (Å²) in [4.78, 5) is 0. The molecular weight excluding hydrogens is 224 g/mol. The van der Waals surface area contributed by atoms with Gasteiger partial charge in [0.05, 0.1) is 6.10 Å². The van der Waals surface area contributed by atoms with Gasteiger partial charge in [-0.05, 0) is 30.4 Å². The van der Waals surface area contributed by atoms with Gasteiger partial charge in [0.1, 0.15) is 6.10 Å². The molecule has 2 atom stereocenters. The van der Waals surface area contributed by atoms with Gasteiger partial charge < -0.3 is 9.84 Å². The fourth-order valence-corrected chi connectivity index (χ4v) is 2.26. The molecule has 2 rings (SSSR count). The van der Waals surface area contributed by atoms with Crippen LogP contribution in [0.2, 0.25) is 0 Å². The molecule has 0 radical (unpaired) electrons. The molecule has 1 aliphatic heterocycles. The highest BCUT2D eigenvalue weighted by molar-refractivity contribution is 5.50. The zero-order valence-corrected chi connectivity index (χ0v) is 11.0. The summed E-state index contributed by atoms with van der Waals surface area (Å²) in [5.74, 6) is 0. The van der Waals surface area contributed by atoms with Crippen LogP contribution in [0.1, 0.15) is 37.3 Å². The van der Waals surface area contributed by atoms with E-state index in [9.17, 15) is 5.11 Å². The first-order chi connectivity index (χ1) is 8.79.